The average Bonchev–Trinajstić information content (AvgIpc) is 2.24. The first-order valence-corrected chi connectivity index (χ1v) is 5.58. The molecule has 0 bridgehead atoms. The van der Waals surface area contributed by atoms with Crippen LogP contribution in [0.25, 0.3) is 0 Å². The predicted molar refractivity (Wildman–Crippen MR) is 68.4 cm³/mol. The minimum atomic E-state index is 0.419. The molecule has 3 nitrogen and oxygen atoms in total. The van der Waals surface area contributed by atoms with Crippen molar-refractivity contribution in [3.05, 3.63) is 29.3 Å². The van der Waals surface area contributed by atoms with Gasteiger partial charge in [0, 0.05) is 25.4 Å². The van der Waals surface area contributed by atoms with Crippen LogP contribution in [0.2, 0.25) is 0 Å². The molecule has 0 saturated carbocycles. The zero-order valence-corrected chi connectivity index (χ0v) is 10.7. The van der Waals surface area contributed by atoms with E-state index in [0.29, 0.717) is 6.04 Å². The Bertz CT molecular complexity index is 339. The molecule has 1 rings (SSSR count). The average molecular weight is 222 g/mol. The quantitative estimate of drug-likeness (QED) is 0.775. The molecule has 1 aromatic carbocycles. The molecular formula is C13H22N2O. The maximum Gasteiger partial charge on any atom is 0.0615 e. The lowest BCUT2D eigenvalue weighted by molar-refractivity contribution is 0.112. The van der Waals surface area contributed by atoms with Crippen molar-refractivity contribution in [2.24, 2.45) is 0 Å². The normalized spacial score (nSPS) is 13.1. The van der Waals surface area contributed by atoms with E-state index in [0.717, 1.165) is 24.4 Å². The number of nitrogens with two attached hydrogens (primary N) is 1. The number of nitrogens with zero attached hydrogens (tertiary/aromatic N) is 1. The summed E-state index contributed by atoms with van der Waals surface area (Å²) in [5, 5.41) is 0. The molecule has 0 aliphatic heterocycles. The van der Waals surface area contributed by atoms with Crippen molar-refractivity contribution in [3.63, 3.8) is 0 Å². The third-order valence-corrected chi connectivity index (χ3v) is 2.93. The van der Waals surface area contributed by atoms with E-state index in [1.807, 2.05) is 13.0 Å². The van der Waals surface area contributed by atoms with E-state index < -0.39 is 0 Å². The smallest absolute Gasteiger partial charge is 0.0615 e. The van der Waals surface area contributed by atoms with Gasteiger partial charge in [-0.1, -0.05) is 12.1 Å². The maximum absolute atomic E-state index is 5.79. The zero-order valence-electron chi connectivity index (χ0n) is 10.7. The van der Waals surface area contributed by atoms with Crippen LogP contribution in [0.15, 0.2) is 18.2 Å². The van der Waals surface area contributed by atoms with Crippen LogP contribution in [0.5, 0.6) is 0 Å². The number of benzene rings is 1. The maximum atomic E-state index is 5.79. The van der Waals surface area contributed by atoms with Crippen LogP contribution in [0, 0.1) is 6.92 Å². The minimum Gasteiger partial charge on any atom is -0.399 e. The number of hydrogen-bond acceptors (Lipinski definition) is 3. The number of nitrogen functional groups attached to an aromatic ring is 1. The predicted octanol–water partition coefficient (Wildman–Crippen LogP) is 2.04. The van der Waals surface area contributed by atoms with Crippen molar-refractivity contribution in [1.29, 1.82) is 0 Å². The second-order valence-electron chi connectivity index (χ2n) is 4.41. The largest absolute Gasteiger partial charge is 0.399 e. The molecule has 16 heavy (non-hydrogen) atoms. The van der Waals surface area contributed by atoms with Gasteiger partial charge in [0.05, 0.1) is 6.61 Å². The summed E-state index contributed by atoms with van der Waals surface area (Å²) in [5.41, 5.74) is 9.08. The lowest BCUT2D eigenvalue weighted by atomic mass is 10.1. The zero-order chi connectivity index (χ0) is 12.1. The Kier molecular flexibility index (Phi) is 4.77. The fourth-order valence-electron chi connectivity index (χ4n) is 1.65. The Hall–Kier alpha value is -1.06. The molecule has 0 aromatic heterocycles. The Morgan fingerprint density at radius 1 is 1.44 bits per heavy atom. The highest BCUT2D eigenvalue weighted by Gasteiger charge is 2.09. The van der Waals surface area contributed by atoms with Gasteiger partial charge in [-0.05, 0) is 38.1 Å². The van der Waals surface area contributed by atoms with Gasteiger partial charge < -0.3 is 10.5 Å². The lowest BCUT2D eigenvalue weighted by Gasteiger charge is -2.24. The van der Waals surface area contributed by atoms with Crippen LogP contribution in [-0.4, -0.2) is 31.7 Å². The third kappa shape index (κ3) is 3.51. The van der Waals surface area contributed by atoms with Crippen LogP contribution in [-0.2, 0) is 11.3 Å². The molecule has 0 saturated heterocycles. The summed E-state index contributed by atoms with van der Waals surface area (Å²) in [7, 11) is 3.84. The van der Waals surface area contributed by atoms with Crippen LogP contribution in [0.1, 0.15) is 18.1 Å². The van der Waals surface area contributed by atoms with E-state index >= 15 is 0 Å². The van der Waals surface area contributed by atoms with E-state index in [2.05, 4.69) is 31.0 Å². The molecular weight excluding hydrogens is 200 g/mol. The number of methoxy groups -OCH3 is 1. The first-order valence-electron chi connectivity index (χ1n) is 5.58. The Balaban J connectivity index is 2.62. The van der Waals surface area contributed by atoms with Crippen molar-refractivity contribution >= 4 is 5.69 Å². The fraction of sp³-hybridized carbons (Fsp3) is 0.538. The molecule has 0 fully saturated rings. The highest BCUT2D eigenvalue weighted by atomic mass is 16.5. The molecule has 90 valence electrons. The van der Waals surface area contributed by atoms with Crippen LogP contribution in [0.4, 0.5) is 5.69 Å². The van der Waals surface area contributed by atoms with E-state index in [1.54, 1.807) is 7.11 Å². The van der Waals surface area contributed by atoms with Crippen molar-refractivity contribution in [3.8, 4) is 0 Å². The summed E-state index contributed by atoms with van der Waals surface area (Å²) in [6.07, 6.45) is 0. The van der Waals surface area contributed by atoms with Gasteiger partial charge in [0.2, 0.25) is 0 Å². The standard InChI is InChI=1S/C13H22N2O/c1-10-7-12(5-6-13(10)14)8-15(3)11(2)9-16-4/h5-7,11H,8-9,14H2,1-4H3. The van der Waals surface area contributed by atoms with Gasteiger partial charge in [0.25, 0.3) is 0 Å². The molecule has 0 heterocycles. The molecule has 1 atom stereocenters. The monoisotopic (exact) mass is 222 g/mol. The number of rotatable bonds is 5. The van der Waals surface area contributed by atoms with Crippen LogP contribution >= 0.6 is 0 Å². The summed E-state index contributed by atoms with van der Waals surface area (Å²) in [5.74, 6) is 0. The van der Waals surface area contributed by atoms with E-state index in [1.165, 1.54) is 5.56 Å². The molecule has 0 amide bonds. The summed E-state index contributed by atoms with van der Waals surface area (Å²) in [4.78, 5) is 2.27. The number of anilines is 1. The molecule has 2 N–H and O–H groups in total. The Morgan fingerprint density at radius 3 is 2.69 bits per heavy atom. The molecule has 0 spiro atoms. The van der Waals surface area contributed by atoms with Gasteiger partial charge in [0.1, 0.15) is 0 Å². The van der Waals surface area contributed by atoms with Gasteiger partial charge >= 0.3 is 0 Å². The third-order valence-electron chi connectivity index (χ3n) is 2.93. The fourth-order valence-corrected chi connectivity index (χ4v) is 1.65. The van der Waals surface area contributed by atoms with E-state index in [9.17, 15) is 0 Å². The minimum absolute atomic E-state index is 0.419. The number of ether oxygens (including phenoxy) is 1. The van der Waals surface area contributed by atoms with Gasteiger partial charge in [-0.3, -0.25) is 4.90 Å². The second kappa shape index (κ2) is 5.87. The van der Waals surface area contributed by atoms with Crippen molar-refractivity contribution in [1.82, 2.24) is 4.90 Å². The van der Waals surface area contributed by atoms with Gasteiger partial charge in [0.15, 0.2) is 0 Å². The SMILES string of the molecule is COCC(C)N(C)Cc1ccc(N)c(C)c1. The van der Waals surface area contributed by atoms with Gasteiger partial charge in [-0.15, -0.1) is 0 Å². The van der Waals surface area contributed by atoms with E-state index in [4.69, 9.17) is 10.5 Å². The van der Waals surface area contributed by atoms with Gasteiger partial charge in [-0.2, -0.15) is 0 Å². The Morgan fingerprint density at radius 2 is 2.12 bits per heavy atom. The lowest BCUT2D eigenvalue weighted by Crippen LogP contribution is -2.32. The first kappa shape index (κ1) is 13.0. The molecule has 1 unspecified atom stereocenters. The highest BCUT2D eigenvalue weighted by molar-refractivity contribution is 5.47. The molecule has 1 aromatic rings. The molecule has 0 aliphatic rings. The number of aryl methyl sites for hydroxylation is 1. The number of likely N-dealkylation sites (N-methyl/N-ethyl adjacent to an activating group) is 1. The summed E-state index contributed by atoms with van der Waals surface area (Å²) in [6, 6.07) is 6.62. The van der Waals surface area contributed by atoms with Crippen LogP contribution in [0.3, 0.4) is 0 Å². The molecule has 3 heteroatoms. The topological polar surface area (TPSA) is 38.5 Å². The van der Waals surface area contributed by atoms with Crippen molar-refractivity contribution in [2.45, 2.75) is 26.4 Å². The molecule has 0 radical (unpaired) electrons. The second-order valence-corrected chi connectivity index (χ2v) is 4.41. The molecule has 0 aliphatic carbocycles. The summed E-state index contributed by atoms with van der Waals surface area (Å²) < 4.78 is 5.14. The van der Waals surface area contributed by atoms with Crippen molar-refractivity contribution in [2.75, 3.05) is 26.5 Å². The first-order chi connectivity index (χ1) is 7.54. The number of hydrogen-bond donors (Lipinski definition) is 1. The van der Waals surface area contributed by atoms with Crippen molar-refractivity contribution < 1.29 is 4.74 Å². The van der Waals surface area contributed by atoms with Gasteiger partial charge in [-0.25, -0.2) is 0 Å². The summed E-state index contributed by atoms with van der Waals surface area (Å²) in [6.45, 7) is 5.88. The van der Waals surface area contributed by atoms with E-state index in [-0.39, 0.29) is 0 Å². The highest BCUT2D eigenvalue weighted by Crippen LogP contribution is 2.14. The summed E-state index contributed by atoms with van der Waals surface area (Å²) >= 11 is 0. The Labute approximate surface area is 98.2 Å². The van der Waals surface area contributed by atoms with Crippen LogP contribution < -0.4 is 5.73 Å².